The Morgan fingerprint density at radius 2 is 1.76 bits per heavy atom. The van der Waals surface area contributed by atoms with Crippen LogP contribution in [0.4, 0.5) is 0 Å². The zero-order valence-corrected chi connectivity index (χ0v) is 17.2. The summed E-state index contributed by atoms with van der Waals surface area (Å²) in [5, 5.41) is 0.607. The molecule has 3 rings (SSSR count). The molecule has 0 radical (unpaired) electrons. The number of thiazole rings is 1. The van der Waals surface area contributed by atoms with E-state index in [0.717, 1.165) is 10.2 Å². The highest BCUT2D eigenvalue weighted by Gasteiger charge is 2.46. The standard InChI is InChI=1S/C20H20N2O6S/c1-10-15(18(23)26-3)17(16(11(2)21-10)19(24)27-4)20(25)28-9-14-22-12-7-5-6-8-13(12)29-14/h5-8,15,17H,9H2,1-4H3/t15?,17-/m0/s1. The molecule has 1 aliphatic rings. The van der Waals surface area contributed by atoms with Gasteiger partial charge in [-0.05, 0) is 26.0 Å². The van der Waals surface area contributed by atoms with Crippen molar-refractivity contribution in [3.8, 4) is 0 Å². The molecular formula is C20H20N2O6S. The summed E-state index contributed by atoms with van der Waals surface area (Å²) in [6.07, 6.45) is 0. The van der Waals surface area contributed by atoms with Crippen molar-refractivity contribution in [3.05, 3.63) is 40.5 Å². The fourth-order valence-electron chi connectivity index (χ4n) is 3.30. The second-order valence-electron chi connectivity index (χ2n) is 6.41. The quantitative estimate of drug-likeness (QED) is 0.545. The molecule has 0 spiro atoms. The van der Waals surface area contributed by atoms with Crippen molar-refractivity contribution in [1.82, 2.24) is 4.98 Å². The van der Waals surface area contributed by atoms with E-state index in [-0.39, 0.29) is 12.2 Å². The minimum absolute atomic E-state index is 0.0113. The zero-order chi connectivity index (χ0) is 21.1. The second-order valence-corrected chi connectivity index (χ2v) is 7.52. The molecule has 0 aliphatic carbocycles. The number of hydrogen-bond donors (Lipinski definition) is 0. The molecule has 152 valence electrons. The Hall–Kier alpha value is -3.07. The van der Waals surface area contributed by atoms with E-state index in [2.05, 4.69) is 9.98 Å². The molecule has 0 amide bonds. The van der Waals surface area contributed by atoms with Crippen molar-refractivity contribution in [1.29, 1.82) is 0 Å². The first kappa shape index (κ1) is 20.7. The molecule has 0 saturated carbocycles. The van der Waals surface area contributed by atoms with E-state index in [1.807, 2.05) is 24.3 Å². The van der Waals surface area contributed by atoms with Crippen LogP contribution in [0.2, 0.25) is 0 Å². The Kier molecular flexibility index (Phi) is 6.07. The van der Waals surface area contributed by atoms with Gasteiger partial charge in [-0.15, -0.1) is 11.3 Å². The van der Waals surface area contributed by atoms with Gasteiger partial charge < -0.3 is 14.2 Å². The summed E-state index contributed by atoms with van der Waals surface area (Å²) in [6, 6.07) is 7.57. The number of methoxy groups -OCH3 is 2. The van der Waals surface area contributed by atoms with E-state index < -0.39 is 29.7 Å². The summed E-state index contributed by atoms with van der Waals surface area (Å²) in [5.41, 5.74) is 1.46. The average Bonchev–Trinajstić information content (AvgIpc) is 3.13. The highest BCUT2D eigenvalue weighted by atomic mass is 32.1. The number of esters is 3. The maximum Gasteiger partial charge on any atom is 0.336 e. The van der Waals surface area contributed by atoms with Crippen LogP contribution in [0.5, 0.6) is 0 Å². The van der Waals surface area contributed by atoms with E-state index in [1.54, 1.807) is 13.8 Å². The third kappa shape index (κ3) is 4.04. The fraction of sp³-hybridized carbons (Fsp3) is 0.350. The molecule has 1 aromatic heterocycles. The lowest BCUT2D eigenvalue weighted by atomic mass is 9.80. The number of aromatic nitrogens is 1. The fourth-order valence-corrected chi connectivity index (χ4v) is 4.18. The summed E-state index contributed by atoms with van der Waals surface area (Å²) in [4.78, 5) is 46.3. The maximum absolute atomic E-state index is 13.0. The van der Waals surface area contributed by atoms with Crippen molar-refractivity contribution in [2.75, 3.05) is 14.2 Å². The van der Waals surface area contributed by atoms with Crippen LogP contribution in [0.25, 0.3) is 10.2 Å². The van der Waals surface area contributed by atoms with Crippen molar-refractivity contribution in [3.63, 3.8) is 0 Å². The summed E-state index contributed by atoms with van der Waals surface area (Å²) >= 11 is 1.40. The monoisotopic (exact) mass is 416 g/mol. The Morgan fingerprint density at radius 1 is 1.03 bits per heavy atom. The van der Waals surface area contributed by atoms with Crippen LogP contribution in [0.3, 0.4) is 0 Å². The van der Waals surface area contributed by atoms with E-state index in [1.165, 1.54) is 25.6 Å². The Balaban J connectivity index is 1.89. The highest BCUT2D eigenvalue weighted by molar-refractivity contribution is 7.18. The van der Waals surface area contributed by atoms with Gasteiger partial charge in [-0.25, -0.2) is 9.78 Å². The van der Waals surface area contributed by atoms with Gasteiger partial charge in [-0.2, -0.15) is 0 Å². The topological polar surface area (TPSA) is 104 Å². The first-order valence-corrected chi connectivity index (χ1v) is 9.62. The molecule has 1 aliphatic heterocycles. The molecular weight excluding hydrogens is 396 g/mol. The lowest BCUT2D eigenvalue weighted by Crippen LogP contribution is -2.42. The van der Waals surface area contributed by atoms with Crippen LogP contribution in [-0.2, 0) is 35.2 Å². The Labute approximate surface area is 171 Å². The summed E-state index contributed by atoms with van der Waals surface area (Å²) < 4.78 is 16.0. The summed E-state index contributed by atoms with van der Waals surface area (Å²) in [6.45, 7) is 3.11. The van der Waals surface area contributed by atoms with Gasteiger partial charge in [0.2, 0.25) is 0 Å². The molecule has 0 N–H and O–H groups in total. The molecule has 9 heteroatoms. The van der Waals surface area contributed by atoms with Gasteiger partial charge >= 0.3 is 17.9 Å². The number of hydrogen-bond acceptors (Lipinski definition) is 9. The number of carbonyl (C=O) groups excluding carboxylic acids is 3. The van der Waals surface area contributed by atoms with Gasteiger partial charge in [0.1, 0.15) is 23.5 Å². The van der Waals surface area contributed by atoms with Gasteiger partial charge in [-0.3, -0.25) is 14.6 Å². The van der Waals surface area contributed by atoms with Crippen LogP contribution < -0.4 is 0 Å². The van der Waals surface area contributed by atoms with Crippen LogP contribution in [-0.4, -0.2) is 42.8 Å². The molecule has 2 heterocycles. The van der Waals surface area contributed by atoms with Crippen LogP contribution >= 0.6 is 11.3 Å². The molecule has 1 aromatic carbocycles. The van der Waals surface area contributed by atoms with E-state index in [9.17, 15) is 14.4 Å². The molecule has 1 unspecified atom stereocenters. The number of allylic oxidation sites excluding steroid dienone is 1. The van der Waals surface area contributed by atoms with Gasteiger partial charge in [-0.1, -0.05) is 12.1 Å². The molecule has 29 heavy (non-hydrogen) atoms. The van der Waals surface area contributed by atoms with Crippen molar-refractivity contribution < 1.29 is 28.6 Å². The number of carbonyl (C=O) groups is 3. The molecule has 2 atom stereocenters. The SMILES string of the molecule is COC(=O)C1=C(C)N=C(C)C(C(=O)OC)[C@@H]1C(=O)OCc1nc2ccccc2s1. The van der Waals surface area contributed by atoms with Gasteiger partial charge in [0.25, 0.3) is 0 Å². The largest absolute Gasteiger partial charge is 0.468 e. The number of nitrogens with zero attached hydrogens (tertiary/aromatic N) is 2. The first-order valence-electron chi connectivity index (χ1n) is 8.80. The molecule has 2 aromatic rings. The minimum atomic E-state index is -1.21. The predicted molar refractivity (Wildman–Crippen MR) is 106 cm³/mol. The molecule has 0 bridgehead atoms. The molecule has 8 nitrogen and oxygen atoms in total. The second kappa shape index (κ2) is 8.52. The molecule has 0 fully saturated rings. The first-order chi connectivity index (χ1) is 13.9. The molecule has 0 saturated heterocycles. The van der Waals surface area contributed by atoms with Crippen molar-refractivity contribution in [2.45, 2.75) is 20.5 Å². The normalized spacial score (nSPS) is 19.0. The minimum Gasteiger partial charge on any atom is -0.468 e. The lowest BCUT2D eigenvalue weighted by Gasteiger charge is -2.28. The van der Waals surface area contributed by atoms with Crippen LogP contribution in [0, 0.1) is 11.8 Å². The number of fused-ring (bicyclic) bond motifs is 1. The van der Waals surface area contributed by atoms with Crippen LogP contribution in [0.1, 0.15) is 18.9 Å². The van der Waals surface area contributed by atoms with Gasteiger partial charge in [0, 0.05) is 11.4 Å². The van der Waals surface area contributed by atoms with Gasteiger partial charge in [0.15, 0.2) is 0 Å². The van der Waals surface area contributed by atoms with E-state index >= 15 is 0 Å². The van der Waals surface area contributed by atoms with Gasteiger partial charge in [0.05, 0.1) is 30.0 Å². The Morgan fingerprint density at radius 3 is 2.41 bits per heavy atom. The summed E-state index contributed by atoms with van der Waals surface area (Å²) in [7, 11) is 2.41. The van der Waals surface area contributed by atoms with Crippen LogP contribution in [0.15, 0.2) is 40.5 Å². The van der Waals surface area contributed by atoms with E-state index in [4.69, 9.17) is 14.2 Å². The summed E-state index contributed by atoms with van der Waals surface area (Å²) in [5.74, 6) is -4.44. The maximum atomic E-state index is 13.0. The number of para-hydroxylation sites is 1. The Bertz CT molecular complexity index is 1010. The average molecular weight is 416 g/mol. The van der Waals surface area contributed by atoms with E-state index in [0.29, 0.717) is 16.4 Å². The van der Waals surface area contributed by atoms with Crippen molar-refractivity contribution in [2.24, 2.45) is 16.8 Å². The number of ether oxygens (including phenoxy) is 3. The third-order valence-corrected chi connectivity index (χ3v) is 5.63. The zero-order valence-electron chi connectivity index (χ0n) is 16.4. The number of aliphatic imine (C=N–C) groups is 1. The van der Waals surface area contributed by atoms with Crippen molar-refractivity contribution >= 4 is 45.2 Å². The number of rotatable bonds is 5. The smallest absolute Gasteiger partial charge is 0.336 e. The lowest BCUT2D eigenvalue weighted by molar-refractivity contribution is -0.157. The number of benzene rings is 1. The predicted octanol–water partition coefficient (Wildman–Crippen LogP) is 2.67. The third-order valence-electron chi connectivity index (χ3n) is 4.62. The highest BCUT2D eigenvalue weighted by Crippen LogP contribution is 2.34.